The minimum absolute atomic E-state index is 0.0750. The lowest BCUT2D eigenvalue weighted by atomic mass is 9.60. The van der Waals surface area contributed by atoms with Gasteiger partial charge in [-0.25, -0.2) is 13.2 Å². The average molecular weight is 508 g/mol. The van der Waals surface area contributed by atoms with Crippen LogP contribution in [0.4, 0.5) is 32.0 Å². The number of halogens is 6. The maximum Gasteiger partial charge on any atom is 0.419 e. The lowest BCUT2D eigenvalue weighted by molar-refractivity contribution is -0.140. The fraction of sp³-hybridized carbons (Fsp3) is 0.333. The number of aldehydes is 1. The summed E-state index contributed by atoms with van der Waals surface area (Å²) >= 11 is 0. The number of alkyl halides is 5. The quantitative estimate of drug-likeness (QED) is 0.365. The van der Waals surface area contributed by atoms with Gasteiger partial charge in [0, 0.05) is 43.0 Å². The monoisotopic (exact) mass is 508 g/mol. The standard InChI is InChI=1S/C24H18F6N4O2/c1-33-12-31-32-18(33)7-22(10-23(26,27)11-22)14-3-2-4-15(6-14)34-8-17-16(21(34)36)5-13(9-35)20(25)19(17)24(28,29)30/h2-6,9,12H,7-8,10-11H2,1H3. The van der Waals surface area contributed by atoms with Crippen molar-refractivity contribution in [2.75, 3.05) is 4.90 Å². The lowest BCUT2D eigenvalue weighted by Gasteiger charge is -2.48. The Labute approximate surface area is 200 Å². The predicted molar refractivity (Wildman–Crippen MR) is 114 cm³/mol. The minimum atomic E-state index is -5.14. The third-order valence-electron chi connectivity index (χ3n) is 6.87. The highest BCUT2D eigenvalue weighted by Gasteiger charge is 2.57. The smallest absolute Gasteiger partial charge is 0.321 e. The van der Waals surface area contributed by atoms with Gasteiger partial charge in [0.2, 0.25) is 5.92 Å². The van der Waals surface area contributed by atoms with Crippen LogP contribution < -0.4 is 4.90 Å². The molecule has 6 nitrogen and oxygen atoms in total. The third kappa shape index (κ3) is 3.75. The van der Waals surface area contributed by atoms with E-state index in [1.807, 2.05) is 0 Å². The van der Waals surface area contributed by atoms with E-state index in [1.54, 1.807) is 17.7 Å². The van der Waals surface area contributed by atoms with Crippen LogP contribution in [0.15, 0.2) is 36.7 Å². The first-order valence-electron chi connectivity index (χ1n) is 10.9. The molecular weight excluding hydrogens is 490 g/mol. The van der Waals surface area contributed by atoms with Crippen LogP contribution in [0.3, 0.4) is 0 Å². The number of hydrogen-bond donors (Lipinski definition) is 0. The summed E-state index contributed by atoms with van der Waals surface area (Å²) in [5.74, 6) is -5.01. The molecule has 188 valence electrons. The summed E-state index contributed by atoms with van der Waals surface area (Å²) in [6, 6.07) is 6.90. The van der Waals surface area contributed by atoms with Gasteiger partial charge in [0.25, 0.3) is 5.91 Å². The average Bonchev–Trinajstić information content (AvgIpc) is 3.33. The Kier molecular flexibility index (Phi) is 5.27. The number of carbonyl (C=O) groups is 2. The van der Waals surface area contributed by atoms with Crippen molar-refractivity contribution >= 4 is 17.9 Å². The van der Waals surface area contributed by atoms with Crippen molar-refractivity contribution in [3.63, 3.8) is 0 Å². The number of anilines is 1. The van der Waals surface area contributed by atoms with Crippen molar-refractivity contribution in [3.8, 4) is 0 Å². The summed E-state index contributed by atoms with van der Waals surface area (Å²) in [6.45, 7) is -0.588. The van der Waals surface area contributed by atoms with Gasteiger partial charge in [-0.3, -0.25) is 9.59 Å². The molecule has 1 aromatic heterocycles. The Morgan fingerprint density at radius 3 is 2.47 bits per heavy atom. The number of aryl methyl sites for hydroxylation is 1. The van der Waals surface area contributed by atoms with Crippen LogP contribution >= 0.6 is 0 Å². The summed E-state index contributed by atoms with van der Waals surface area (Å²) in [7, 11) is 1.68. The topological polar surface area (TPSA) is 68.1 Å². The summed E-state index contributed by atoms with van der Waals surface area (Å²) in [5, 5.41) is 7.77. The summed E-state index contributed by atoms with van der Waals surface area (Å²) in [5.41, 5.74) is -3.93. The summed E-state index contributed by atoms with van der Waals surface area (Å²) in [4.78, 5) is 25.3. The normalized spacial score (nSPS) is 18.2. The molecule has 0 spiro atoms. The van der Waals surface area contributed by atoms with Crippen molar-refractivity contribution in [1.82, 2.24) is 14.8 Å². The molecule has 12 heteroatoms. The number of rotatable bonds is 5. The molecule has 1 aliphatic heterocycles. The Balaban J connectivity index is 1.55. The van der Waals surface area contributed by atoms with E-state index in [2.05, 4.69) is 10.2 Å². The minimum Gasteiger partial charge on any atom is -0.321 e. The SMILES string of the molecule is Cn1cnnc1CC1(c2cccc(N3Cc4c(cc(C=O)c(F)c4C(F)(F)F)C3=O)c2)CC(F)(F)C1. The number of amides is 1. The largest absolute Gasteiger partial charge is 0.419 e. The number of fused-ring (bicyclic) bond motifs is 1. The number of carbonyl (C=O) groups excluding carboxylic acids is 2. The maximum absolute atomic E-state index is 14.5. The Hall–Kier alpha value is -3.70. The predicted octanol–water partition coefficient (Wildman–Crippen LogP) is 4.86. The molecule has 1 fully saturated rings. The van der Waals surface area contributed by atoms with E-state index in [0.29, 0.717) is 11.4 Å². The number of aromatic nitrogens is 3. The van der Waals surface area contributed by atoms with E-state index in [0.717, 1.165) is 11.0 Å². The second kappa shape index (κ2) is 7.90. The van der Waals surface area contributed by atoms with Crippen molar-refractivity contribution < 1.29 is 35.9 Å². The number of nitrogens with zero attached hydrogens (tertiary/aromatic N) is 4. The van der Waals surface area contributed by atoms with Crippen molar-refractivity contribution in [2.45, 2.75) is 43.3 Å². The van der Waals surface area contributed by atoms with Gasteiger partial charge in [-0.2, -0.15) is 13.2 Å². The zero-order chi connectivity index (χ0) is 26.0. The van der Waals surface area contributed by atoms with Gasteiger partial charge in [-0.15, -0.1) is 10.2 Å². The van der Waals surface area contributed by atoms with E-state index in [9.17, 15) is 35.9 Å². The number of hydrogen-bond acceptors (Lipinski definition) is 4. The molecule has 1 amide bonds. The molecule has 2 aromatic carbocycles. The molecule has 0 unspecified atom stereocenters. The van der Waals surface area contributed by atoms with Crippen LogP contribution in [0.2, 0.25) is 0 Å². The summed E-state index contributed by atoms with van der Waals surface area (Å²) < 4.78 is 85.2. The number of benzene rings is 2. The van der Waals surface area contributed by atoms with Crippen LogP contribution in [0.5, 0.6) is 0 Å². The molecule has 1 aliphatic carbocycles. The highest BCUT2D eigenvalue weighted by atomic mass is 19.4. The molecule has 36 heavy (non-hydrogen) atoms. The first kappa shape index (κ1) is 24.0. The first-order chi connectivity index (χ1) is 16.8. The van der Waals surface area contributed by atoms with Gasteiger partial charge >= 0.3 is 6.18 Å². The van der Waals surface area contributed by atoms with E-state index < -0.39 is 70.9 Å². The van der Waals surface area contributed by atoms with Gasteiger partial charge in [-0.1, -0.05) is 12.1 Å². The van der Waals surface area contributed by atoms with Crippen molar-refractivity contribution in [3.05, 3.63) is 76.1 Å². The van der Waals surface area contributed by atoms with E-state index >= 15 is 0 Å². The van der Waals surface area contributed by atoms with Gasteiger partial charge in [0.1, 0.15) is 18.0 Å². The second-order valence-electron chi connectivity index (χ2n) is 9.26. The van der Waals surface area contributed by atoms with Gasteiger partial charge < -0.3 is 9.47 Å². The van der Waals surface area contributed by atoms with Crippen LogP contribution in [-0.4, -0.2) is 32.9 Å². The van der Waals surface area contributed by atoms with Crippen LogP contribution in [0.1, 0.15) is 56.1 Å². The molecule has 0 saturated heterocycles. The van der Waals surface area contributed by atoms with E-state index in [4.69, 9.17) is 0 Å². The summed E-state index contributed by atoms with van der Waals surface area (Å²) in [6.07, 6.45) is -4.57. The maximum atomic E-state index is 14.5. The highest BCUT2D eigenvalue weighted by Crippen LogP contribution is 2.55. The molecule has 3 aromatic rings. The zero-order valence-corrected chi connectivity index (χ0v) is 18.7. The first-order valence-corrected chi connectivity index (χ1v) is 10.9. The molecule has 2 aliphatic rings. The van der Waals surface area contributed by atoms with Gasteiger partial charge in [0.05, 0.1) is 17.7 Å². The van der Waals surface area contributed by atoms with Crippen LogP contribution in [0, 0.1) is 5.82 Å². The molecule has 1 saturated carbocycles. The Morgan fingerprint density at radius 1 is 1.17 bits per heavy atom. The van der Waals surface area contributed by atoms with Crippen molar-refractivity contribution in [1.29, 1.82) is 0 Å². The zero-order valence-electron chi connectivity index (χ0n) is 18.7. The fourth-order valence-corrected chi connectivity index (χ4v) is 5.18. The highest BCUT2D eigenvalue weighted by molar-refractivity contribution is 6.11. The molecular formula is C24H18F6N4O2. The molecule has 2 heterocycles. The second-order valence-corrected chi connectivity index (χ2v) is 9.26. The van der Waals surface area contributed by atoms with Gasteiger partial charge in [-0.05, 0) is 29.3 Å². The lowest BCUT2D eigenvalue weighted by Crippen LogP contribution is -2.51. The molecule has 0 radical (unpaired) electrons. The van der Waals surface area contributed by atoms with E-state index in [1.165, 1.54) is 24.5 Å². The molecule has 5 rings (SSSR count). The Bertz CT molecular complexity index is 1390. The molecule has 0 bridgehead atoms. The van der Waals surface area contributed by atoms with Crippen molar-refractivity contribution in [2.24, 2.45) is 7.05 Å². The van der Waals surface area contributed by atoms with E-state index in [-0.39, 0.29) is 18.4 Å². The Morgan fingerprint density at radius 2 is 1.89 bits per heavy atom. The van der Waals surface area contributed by atoms with Crippen LogP contribution in [0.25, 0.3) is 0 Å². The molecule has 0 N–H and O–H groups in total. The third-order valence-corrected chi connectivity index (χ3v) is 6.87. The molecule has 0 atom stereocenters. The van der Waals surface area contributed by atoms with Crippen LogP contribution in [-0.2, 0) is 31.6 Å². The fourth-order valence-electron chi connectivity index (χ4n) is 5.18. The van der Waals surface area contributed by atoms with Gasteiger partial charge in [0.15, 0.2) is 6.29 Å².